The smallest absolute Gasteiger partial charge is 0.126 e. The Hall–Kier alpha value is -0.850. The topological polar surface area (TPSA) is 0 Å². The van der Waals surface area contributed by atoms with Gasteiger partial charge in [-0.3, -0.25) is 0 Å². The molecule has 2 rings (SSSR count). The molecule has 1 aliphatic rings. The van der Waals surface area contributed by atoms with Crippen molar-refractivity contribution in [1.29, 1.82) is 0 Å². The molecule has 1 aliphatic carbocycles. The van der Waals surface area contributed by atoms with Crippen LogP contribution < -0.4 is 0 Å². The highest BCUT2D eigenvalue weighted by Crippen LogP contribution is 2.36. The van der Waals surface area contributed by atoms with E-state index in [-0.39, 0.29) is 5.82 Å². The molecule has 15 heavy (non-hydrogen) atoms. The van der Waals surface area contributed by atoms with Crippen LogP contribution in [-0.4, -0.2) is 0 Å². The standard InChI is InChI=1S/C14H19F/c1-10-3-6-12(7-4-10)13-8-5-11(2)9-14(13)15/h5,8-10,12H,3-4,6-7H2,1-2H3. The maximum Gasteiger partial charge on any atom is 0.126 e. The monoisotopic (exact) mass is 206 g/mol. The highest BCUT2D eigenvalue weighted by Gasteiger charge is 2.21. The first kappa shape index (κ1) is 10.7. The van der Waals surface area contributed by atoms with Crippen molar-refractivity contribution in [2.75, 3.05) is 0 Å². The Bertz CT molecular complexity index is 335. The van der Waals surface area contributed by atoms with Gasteiger partial charge >= 0.3 is 0 Å². The highest BCUT2D eigenvalue weighted by molar-refractivity contribution is 5.26. The SMILES string of the molecule is Cc1ccc(C2CCC(C)CC2)c(F)c1. The summed E-state index contributed by atoms with van der Waals surface area (Å²) in [6.45, 7) is 4.23. The summed E-state index contributed by atoms with van der Waals surface area (Å²) in [4.78, 5) is 0. The lowest BCUT2D eigenvalue weighted by molar-refractivity contribution is 0.342. The van der Waals surface area contributed by atoms with Crippen LogP contribution in [0, 0.1) is 18.7 Å². The van der Waals surface area contributed by atoms with E-state index in [2.05, 4.69) is 6.92 Å². The summed E-state index contributed by atoms with van der Waals surface area (Å²) in [5.74, 6) is 1.28. The zero-order valence-electron chi connectivity index (χ0n) is 9.59. The lowest BCUT2D eigenvalue weighted by Gasteiger charge is -2.26. The maximum absolute atomic E-state index is 13.7. The van der Waals surface area contributed by atoms with E-state index >= 15 is 0 Å². The summed E-state index contributed by atoms with van der Waals surface area (Å²) in [5.41, 5.74) is 1.95. The summed E-state index contributed by atoms with van der Waals surface area (Å²) in [6, 6.07) is 5.66. The van der Waals surface area contributed by atoms with Crippen molar-refractivity contribution >= 4 is 0 Å². The third kappa shape index (κ3) is 2.39. The third-order valence-corrected chi connectivity index (χ3v) is 3.61. The summed E-state index contributed by atoms with van der Waals surface area (Å²) in [6.07, 6.45) is 4.80. The second-order valence-electron chi connectivity index (χ2n) is 4.98. The molecule has 1 fully saturated rings. The van der Waals surface area contributed by atoms with Gasteiger partial charge in [0.2, 0.25) is 0 Å². The lowest BCUT2D eigenvalue weighted by Crippen LogP contribution is -2.12. The summed E-state index contributed by atoms with van der Waals surface area (Å²) >= 11 is 0. The maximum atomic E-state index is 13.7. The predicted molar refractivity (Wildman–Crippen MR) is 61.5 cm³/mol. The van der Waals surface area contributed by atoms with E-state index in [4.69, 9.17) is 0 Å². The largest absolute Gasteiger partial charge is 0.207 e. The van der Waals surface area contributed by atoms with Crippen molar-refractivity contribution in [3.8, 4) is 0 Å². The molecule has 1 saturated carbocycles. The van der Waals surface area contributed by atoms with E-state index in [9.17, 15) is 4.39 Å². The molecule has 0 bridgehead atoms. The van der Waals surface area contributed by atoms with Crippen molar-refractivity contribution < 1.29 is 4.39 Å². The summed E-state index contributed by atoms with van der Waals surface area (Å²) in [7, 11) is 0. The van der Waals surface area contributed by atoms with Crippen LogP contribution in [0.25, 0.3) is 0 Å². The Morgan fingerprint density at radius 1 is 1.13 bits per heavy atom. The number of halogens is 1. The van der Waals surface area contributed by atoms with Crippen LogP contribution in [0.3, 0.4) is 0 Å². The third-order valence-electron chi connectivity index (χ3n) is 3.61. The zero-order valence-corrected chi connectivity index (χ0v) is 9.59. The summed E-state index contributed by atoms with van der Waals surface area (Å²) in [5, 5.41) is 0. The Balaban J connectivity index is 2.15. The molecule has 0 saturated heterocycles. The van der Waals surface area contributed by atoms with Crippen LogP contribution in [0.1, 0.15) is 49.7 Å². The molecule has 0 N–H and O–H groups in total. The molecule has 0 nitrogen and oxygen atoms in total. The highest BCUT2D eigenvalue weighted by atomic mass is 19.1. The van der Waals surface area contributed by atoms with Gasteiger partial charge in [-0.25, -0.2) is 4.39 Å². The average molecular weight is 206 g/mol. The molecule has 82 valence electrons. The minimum absolute atomic E-state index is 0.00504. The van der Waals surface area contributed by atoms with Crippen LogP contribution >= 0.6 is 0 Å². The van der Waals surface area contributed by atoms with Gasteiger partial charge in [0.1, 0.15) is 5.82 Å². The van der Waals surface area contributed by atoms with Gasteiger partial charge in [0, 0.05) is 0 Å². The fourth-order valence-corrected chi connectivity index (χ4v) is 2.53. The van der Waals surface area contributed by atoms with Gasteiger partial charge in [0.25, 0.3) is 0 Å². The quantitative estimate of drug-likeness (QED) is 0.637. The van der Waals surface area contributed by atoms with E-state index in [1.54, 1.807) is 6.07 Å². The Labute approximate surface area is 91.5 Å². The van der Waals surface area contributed by atoms with Gasteiger partial charge in [0.05, 0.1) is 0 Å². The van der Waals surface area contributed by atoms with E-state index in [1.165, 1.54) is 12.8 Å². The molecule has 0 heterocycles. The second-order valence-corrected chi connectivity index (χ2v) is 4.98. The molecule has 1 aromatic carbocycles. The van der Waals surface area contributed by atoms with E-state index in [1.807, 2.05) is 19.1 Å². The van der Waals surface area contributed by atoms with E-state index < -0.39 is 0 Å². The first-order chi connectivity index (χ1) is 7.16. The van der Waals surface area contributed by atoms with Gasteiger partial charge in [0.15, 0.2) is 0 Å². The first-order valence-corrected chi connectivity index (χ1v) is 5.93. The van der Waals surface area contributed by atoms with Crippen LogP contribution in [0.4, 0.5) is 4.39 Å². The van der Waals surface area contributed by atoms with Crippen LogP contribution in [0.2, 0.25) is 0 Å². The normalized spacial score (nSPS) is 26.6. The first-order valence-electron chi connectivity index (χ1n) is 5.93. The van der Waals surface area contributed by atoms with Crippen LogP contribution in [0.15, 0.2) is 18.2 Å². The number of benzene rings is 1. The van der Waals surface area contributed by atoms with Crippen molar-refractivity contribution in [3.63, 3.8) is 0 Å². The Morgan fingerprint density at radius 2 is 1.80 bits per heavy atom. The van der Waals surface area contributed by atoms with Crippen molar-refractivity contribution in [3.05, 3.63) is 35.1 Å². The van der Waals surface area contributed by atoms with E-state index in [0.717, 1.165) is 29.9 Å². The average Bonchev–Trinajstić information content (AvgIpc) is 2.20. The fraction of sp³-hybridized carbons (Fsp3) is 0.571. The number of hydrogen-bond acceptors (Lipinski definition) is 0. The molecule has 0 amide bonds. The molecule has 0 spiro atoms. The van der Waals surface area contributed by atoms with Gasteiger partial charge in [-0.1, -0.05) is 31.9 Å². The minimum Gasteiger partial charge on any atom is -0.207 e. The summed E-state index contributed by atoms with van der Waals surface area (Å²) < 4.78 is 13.7. The molecule has 0 unspecified atom stereocenters. The molecule has 0 radical (unpaired) electrons. The molecular formula is C14H19F. The van der Waals surface area contributed by atoms with Gasteiger partial charge in [-0.05, 0) is 48.8 Å². The Kier molecular flexibility index (Phi) is 3.08. The predicted octanol–water partition coefficient (Wildman–Crippen LogP) is 4.43. The van der Waals surface area contributed by atoms with Crippen molar-refractivity contribution in [2.45, 2.75) is 45.4 Å². The number of rotatable bonds is 1. The molecule has 0 aliphatic heterocycles. The van der Waals surface area contributed by atoms with Crippen molar-refractivity contribution in [1.82, 2.24) is 0 Å². The van der Waals surface area contributed by atoms with E-state index in [0.29, 0.717) is 5.92 Å². The van der Waals surface area contributed by atoms with Crippen LogP contribution in [0.5, 0.6) is 0 Å². The molecular weight excluding hydrogens is 187 g/mol. The minimum atomic E-state index is -0.00504. The van der Waals surface area contributed by atoms with Crippen molar-refractivity contribution in [2.24, 2.45) is 5.92 Å². The zero-order chi connectivity index (χ0) is 10.8. The lowest BCUT2D eigenvalue weighted by atomic mass is 9.79. The Morgan fingerprint density at radius 3 is 2.40 bits per heavy atom. The molecule has 0 atom stereocenters. The molecule has 0 aromatic heterocycles. The van der Waals surface area contributed by atoms with Gasteiger partial charge in [-0.2, -0.15) is 0 Å². The number of hydrogen-bond donors (Lipinski definition) is 0. The number of aryl methyl sites for hydroxylation is 1. The molecule has 1 aromatic rings. The molecule has 1 heteroatoms. The van der Waals surface area contributed by atoms with Gasteiger partial charge < -0.3 is 0 Å². The fourth-order valence-electron chi connectivity index (χ4n) is 2.53. The van der Waals surface area contributed by atoms with Crippen LogP contribution in [-0.2, 0) is 0 Å². The second kappa shape index (κ2) is 4.34. The van der Waals surface area contributed by atoms with Gasteiger partial charge in [-0.15, -0.1) is 0 Å².